The molecule has 484 valence electrons. The molecule has 2 saturated heterocycles. The summed E-state index contributed by atoms with van der Waals surface area (Å²) in [5.41, 5.74) is 7.00. The molecule has 6 aromatic carbocycles. The van der Waals surface area contributed by atoms with E-state index in [1.165, 1.54) is 52.3 Å². The van der Waals surface area contributed by atoms with Crippen molar-refractivity contribution < 1.29 is 46.3 Å². The van der Waals surface area contributed by atoms with Crippen LogP contribution in [0.2, 0.25) is 10.0 Å². The fourth-order valence-corrected chi connectivity index (χ4v) is 11.2. The van der Waals surface area contributed by atoms with Crippen LogP contribution >= 0.6 is 49.1 Å². The fourth-order valence-electron chi connectivity index (χ4n) is 10.7. The number of aliphatic imine (C=N–C) groups is 1. The summed E-state index contributed by atoms with van der Waals surface area (Å²) in [6, 6.07) is 32.1. The van der Waals surface area contributed by atoms with E-state index >= 15 is 4.39 Å². The van der Waals surface area contributed by atoms with Crippen LogP contribution in [0.3, 0.4) is 0 Å². The predicted molar refractivity (Wildman–Crippen MR) is 369 cm³/mol. The number of likely N-dealkylation sites (tertiary alicyclic amines) is 1. The lowest BCUT2D eigenvalue weighted by Crippen LogP contribution is -2.44. The summed E-state index contributed by atoms with van der Waals surface area (Å²) in [5.74, 6) is -1.97. The number of nitrogens with zero attached hydrogens (tertiary/aromatic N) is 8. The number of benzene rings is 6. The molecule has 4 aromatic heterocycles. The number of carbonyl (C=O) groups is 5. The fraction of sp³-hybridized carbons (Fsp3) is 0.194. The molecule has 94 heavy (non-hydrogen) atoms. The Bertz CT molecular complexity index is 4510. The Hall–Kier alpha value is -8.97. The van der Waals surface area contributed by atoms with E-state index in [1.807, 2.05) is 43.3 Å². The maximum atomic E-state index is 15.5. The number of aryl methyl sites for hydroxylation is 2. The first-order valence-electron chi connectivity index (χ1n) is 28.4. The number of carbonyl (C=O) groups excluding carboxylic acids is 6. The molecule has 0 unspecified atom stereocenters. The molecule has 27 heteroatoms. The van der Waals surface area contributed by atoms with Gasteiger partial charge in [0.15, 0.2) is 11.6 Å². The largest absolute Gasteiger partial charge is 0.327 e. The van der Waals surface area contributed by atoms with E-state index in [0.717, 1.165) is 27.6 Å². The van der Waals surface area contributed by atoms with Crippen LogP contribution in [0.5, 0.6) is 0 Å². The van der Waals surface area contributed by atoms with E-state index in [1.54, 1.807) is 111 Å². The van der Waals surface area contributed by atoms with E-state index in [-0.39, 0.29) is 87.0 Å². The molecule has 3 amide bonds. The molecule has 2 fully saturated rings. The Morgan fingerprint density at radius 2 is 1.10 bits per heavy atom. The second-order valence-electron chi connectivity index (χ2n) is 21.3. The highest BCUT2D eigenvalue weighted by Gasteiger charge is 2.40. The number of amides is 3. The molecule has 0 aliphatic carbocycles. The molecule has 3 N–H and O–H groups in total. The molecule has 0 bridgehead atoms. The lowest BCUT2D eigenvalue weighted by molar-refractivity contribution is -0.136. The predicted octanol–water partition coefficient (Wildman–Crippen LogP) is 14.0. The zero-order chi connectivity index (χ0) is 65.9. The minimum absolute atomic E-state index is 0. The molecule has 6 heterocycles. The van der Waals surface area contributed by atoms with Gasteiger partial charge >= 0.3 is 0 Å². The lowest BCUT2D eigenvalue weighted by Gasteiger charge is -2.24. The minimum atomic E-state index is -1.43. The maximum absolute atomic E-state index is 15.5. The van der Waals surface area contributed by atoms with E-state index < -0.39 is 53.8 Å². The van der Waals surface area contributed by atoms with E-state index in [9.17, 15) is 41.9 Å². The molecule has 17 nitrogen and oxygen atoms in total. The van der Waals surface area contributed by atoms with Gasteiger partial charge < -0.3 is 20.9 Å². The van der Waals surface area contributed by atoms with Gasteiger partial charge in [0.1, 0.15) is 35.7 Å². The smallest absolute Gasteiger partial charge is 0.247 e. The van der Waals surface area contributed by atoms with Crippen LogP contribution in [0.15, 0.2) is 164 Å². The molecule has 4 atom stereocenters. The average Bonchev–Trinajstić information content (AvgIpc) is 1.60. The standard InChI is InChI=1S/C34H28ClF2N5O3.C17H15ClF2N2O.C16H12N4O2.ClH.S2.H2S/c1-19-38-15-23(16-39-19)21-10-11-25-22(17-41(20(2)43)30(25)12-21)13-32(44)42-18-24(36)14-31(42)34(45)40-29-9-5-7-27(33(29)37)26-6-3-4-8-28(26)35;18-13-6-2-1-4-11(13)12-5-3-7-14(16(12)20)22-17(23)15-8-10(19)9-21-15;1-10-17-6-13(7-18-10)12-3-4-14-15(19-9-21)8-20(11(2)22)16(14)5-12;;1-2;/h3-12,15-17,24,31H,13-14,18H2,1-2H3,(H,40,45);1-7,10,15,21H,8-9H2,(H,22,23);3-8H,1-2H3;1H;;1H2/t24-,31+;10-,15+;;;;/m11..../s1. The van der Waals surface area contributed by atoms with Crippen molar-refractivity contribution in [2.45, 2.75) is 71.4 Å². The minimum Gasteiger partial charge on any atom is -0.327 e. The van der Waals surface area contributed by atoms with Crippen molar-refractivity contribution >= 4 is 146 Å². The highest BCUT2D eigenvalue weighted by molar-refractivity contribution is 8.07. The molecule has 0 spiro atoms. The second kappa shape index (κ2) is 32.7. The topological polar surface area (TPSA) is 216 Å². The summed E-state index contributed by atoms with van der Waals surface area (Å²) >= 11 is 19.7. The van der Waals surface area contributed by atoms with Crippen LogP contribution in [-0.2, 0) is 48.0 Å². The van der Waals surface area contributed by atoms with Crippen LogP contribution in [0.1, 0.15) is 53.5 Å². The highest BCUT2D eigenvalue weighted by Crippen LogP contribution is 2.37. The summed E-state index contributed by atoms with van der Waals surface area (Å²) in [6.07, 6.45) is 8.71. The zero-order valence-electron chi connectivity index (χ0n) is 50.4. The van der Waals surface area contributed by atoms with Gasteiger partial charge in [-0.15, -0.1) is 12.4 Å². The van der Waals surface area contributed by atoms with Gasteiger partial charge in [-0.1, -0.05) is 102 Å². The van der Waals surface area contributed by atoms with Crippen molar-refractivity contribution in [3.63, 3.8) is 0 Å². The third-order valence-corrected chi connectivity index (χ3v) is 15.9. The summed E-state index contributed by atoms with van der Waals surface area (Å²) in [7, 11) is 0. The van der Waals surface area contributed by atoms with E-state index in [2.05, 4.69) is 63.3 Å². The second-order valence-corrected chi connectivity index (χ2v) is 22.1. The van der Waals surface area contributed by atoms with Crippen molar-refractivity contribution in [2.24, 2.45) is 4.99 Å². The van der Waals surface area contributed by atoms with Gasteiger partial charge in [0, 0.05) is 147 Å². The van der Waals surface area contributed by atoms with Crippen molar-refractivity contribution in [1.82, 2.24) is 39.3 Å². The van der Waals surface area contributed by atoms with Gasteiger partial charge in [0.05, 0.1) is 41.4 Å². The molecule has 12 rings (SSSR count). The Kier molecular flexibility index (Phi) is 25.2. The summed E-state index contributed by atoms with van der Waals surface area (Å²) < 4.78 is 61.0. The molecule has 2 aliphatic rings. The number of alkyl halides is 2. The SMILES string of the molecule is CC(=O)n1cc(CC(=O)N2C[C@H](F)C[C@H]2C(=O)Nc2cccc(-c3ccccc3Cl)c2F)c2ccc(-c3cnc(C)nc3)cc21.CC(=O)n1cc(N=C=O)c2ccc(-c3cnc(C)nc3)cc21.Cl.O=C(Nc1cccc(-c2ccccc2Cl)c1F)[C@@H]1C[C@@H](F)CN1.S.S=S. The number of anilines is 2. The molecule has 2 aliphatic heterocycles. The van der Waals surface area contributed by atoms with Gasteiger partial charge in [-0.25, -0.2) is 42.3 Å². The third kappa shape index (κ3) is 16.7. The maximum Gasteiger partial charge on any atom is 0.247 e. The van der Waals surface area contributed by atoms with Crippen molar-refractivity contribution in [3.8, 4) is 44.5 Å². The normalized spacial score (nSPS) is 15.3. The van der Waals surface area contributed by atoms with Gasteiger partial charge in [-0.2, -0.15) is 18.5 Å². The van der Waals surface area contributed by atoms with Gasteiger partial charge in [-0.05, 0) is 73.0 Å². The number of isocyanates is 1. The molecular weight excluding hydrogens is 1330 g/mol. The first kappa shape index (κ1) is 72.5. The first-order valence-corrected chi connectivity index (χ1v) is 30.5. The van der Waals surface area contributed by atoms with Crippen LogP contribution < -0.4 is 16.0 Å². The average molecular weight is 1390 g/mol. The number of hydrogen-bond donors (Lipinski definition) is 3. The Morgan fingerprint density at radius 3 is 1.57 bits per heavy atom. The quantitative estimate of drug-likeness (QED) is 0.0625. The lowest BCUT2D eigenvalue weighted by atomic mass is 10.0. The number of fused-ring (bicyclic) bond motifs is 2. The molecule has 10 aromatic rings. The van der Waals surface area contributed by atoms with Crippen molar-refractivity contribution in [1.29, 1.82) is 0 Å². The number of hydrogen-bond acceptors (Lipinski definition) is 14. The van der Waals surface area contributed by atoms with E-state index in [0.29, 0.717) is 66.1 Å². The summed E-state index contributed by atoms with van der Waals surface area (Å²) in [5, 5.41) is 10.00. The zero-order valence-corrected chi connectivity index (χ0v) is 55.3. The van der Waals surface area contributed by atoms with Crippen molar-refractivity contribution in [2.75, 3.05) is 23.7 Å². The molecule has 0 radical (unpaired) electrons. The highest BCUT2D eigenvalue weighted by atomic mass is 35.5. The molecular formula is C67H58Cl3F4N11O6S3. The molecule has 0 saturated carbocycles. The number of aromatic nitrogens is 6. The van der Waals surface area contributed by atoms with E-state index in [4.69, 9.17) is 23.2 Å². The summed E-state index contributed by atoms with van der Waals surface area (Å²) in [6.45, 7) is 6.34. The van der Waals surface area contributed by atoms with Gasteiger partial charge in [-0.3, -0.25) is 33.1 Å². The van der Waals surface area contributed by atoms with Gasteiger partial charge in [0.25, 0.3) is 0 Å². The summed E-state index contributed by atoms with van der Waals surface area (Å²) in [4.78, 5) is 95.5. The van der Waals surface area contributed by atoms with Gasteiger partial charge in [0.2, 0.25) is 35.6 Å². The third-order valence-electron chi connectivity index (χ3n) is 15.2. The van der Waals surface area contributed by atoms with Crippen LogP contribution in [0.4, 0.5) is 34.6 Å². The van der Waals surface area contributed by atoms with Crippen molar-refractivity contribution in [3.05, 3.63) is 197 Å². The Labute approximate surface area is 570 Å². The van der Waals surface area contributed by atoms with Crippen LogP contribution in [-0.4, -0.2) is 107 Å². The van der Waals surface area contributed by atoms with Crippen LogP contribution in [0, 0.1) is 25.5 Å². The Balaban J connectivity index is 0.000000215. The number of rotatable bonds is 11. The Morgan fingerprint density at radius 1 is 0.628 bits per heavy atom. The first-order chi connectivity index (χ1) is 44.3. The van der Waals surface area contributed by atoms with Crippen LogP contribution in [0.25, 0.3) is 66.3 Å². The number of nitrogens with one attached hydrogen (secondary N) is 3. The number of halogens is 7. The monoisotopic (exact) mass is 1390 g/mol.